The van der Waals surface area contributed by atoms with Gasteiger partial charge in [0.1, 0.15) is 11.2 Å². The predicted molar refractivity (Wildman–Crippen MR) is 81.2 cm³/mol. The van der Waals surface area contributed by atoms with E-state index in [0.29, 0.717) is 15.6 Å². The minimum absolute atomic E-state index is 0.235. The highest BCUT2D eigenvalue weighted by Crippen LogP contribution is 2.30. The average molecular weight is 406 g/mol. The molecule has 0 aromatic heterocycles. The standard InChI is InChI=1S/C14H8Br2ClFO/c15-9-3-6-12(16)11(7-9)14(19)13(17)8-1-4-10(18)5-2-8/h1-7,13H. The minimum Gasteiger partial charge on any atom is -0.292 e. The van der Waals surface area contributed by atoms with Crippen molar-refractivity contribution in [2.45, 2.75) is 5.38 Å². The van der Waals surface area contributed by atoms with Gasteiger partial charge in [0.05, 0.1) is 0 Å². The van der Waals surface area contributed by atoms with Crippen molar-refractivity contribution in [3.05, 3.63) is 68.4 Å². The number of benzene rings is 2. The molecule has 19 heavy (non-hydrogen) atoms. The Kier molecular flexibility index (Phi) is 4.76. The molecule has 0 spiro atoms. The molecule has 0 aliphatic heterocycles. The van der Waals surface area contributed by atoms with Crippen molar-refractivity contribution in [2.24, 2.45) is 0 Å². The van der Waals surface area contributed by atoms with Crippen LogP contribution in [0.4, 0.5) is 4.39 Å². The van der Waals surface area contributed by atoms with E-state index in [9.17, 15) is 9.18 Å². The topological polar surface area (TPSA) is 17.1 Å². The number of halogens is 4. The van der Waals surface area contributed by atoms with Crippen molar-refractivity contribution >= 4 is 49.2 Å². The van der Waals surface area contributed by atoms with Gasteiger partial charge in [-0.2, -0.15) is 0 Å². The molecule has 1 nitrogen and oxygen atoms in total. The summed E-state index contributed by atoms with van der Waals surface area (Å²) >= 11 is 12.8. The molecule has 0 amide bonds. The first-order valence-corrected chi connectivity index (χ1v) is 7.40. The van der Waals surface area contributed by atoms with Gasteiger partial charge in [-0.1, -0.05) is 44.0 Å². The van der Waals surface area contributed by atoms with E-state index in [0.717, 1.165) is 4.47 Å². The summed E-state index contributed by atoms with van der Waals surface area (Å²) in [4.78, 5) is 12.3. The van der Waals surface area contributed by atoms with Gasteiger partial charge in [-0.15, -0.1) is 11.6 Å². The van der Waals surface area contributed by atoms with E-state index >= 15 is 0 Å². The fraction of sp³-hybridized carbons (Fsp3) is 0.0714. The Labute approximate surface area is 132 Å². The van der Waals surface area contributed by atoms with Crippen LogP contribution in [0.1, 0.15) is 21.3 Å². The molecule has 0 saturated heterocycles. The molecule has 0 N–H and O–H groups in total. The molecule has 0 radical (unpaired) electrons. The Morgan fingerprint density at radius 3 is 2.37 bits per heavy atom. The summed E-state index contributed by atoms with van der Waals surface area (Å²) in [7, 11) is 0. The highest BCUT2D eigenvalue weighted by Gasteiger charge is 2.21. The lowest BCUT2D eigenvalue weighted by Gasteiger charge is -2.10. The lowest BCUT2D eigenvalue weighted by Crippen LogP contribution is -2.08. The van der Waals surface area contributed by atoms with Crippen LogP contribution in [0.25, 0.3) is 0 Å². The molecule has 2 aromatic carbocycles. The zero-order chi connectivity index (χ0) is 14.0. The number of Topliss-reactive ketones (excluding diaryl/α,β-unsaturated/α-hetero) is 1. The molecule has 0 aliphatic carbocycles. The molecule has 0 saturated carbocycles. The normalized spacial score (nSPS) is 12.2. The van der Waals surface area contributed by atoms with Gasteiger partial charge >= 0.3 is 0 Å². The Morgan fingerprint density at radius 1 is 1.11 bits per heavy atom. The fourth-order valence-corrected chi connectivity index (χ4v) is 2.67. The second kappa shape index (κ2) is 6.16. The summed E-state index contributed by atoms with van der Waals surface area (Å²) in [5.74, 6) is -0.592. The maximum Gasteiger partial charge on any atom is 0.186 e. The van der Waals surface area contributed by atoms with Crippen molar-refractivity contribution in [1.29, 1.82) is 0 Å². The molecule has 0 heterocycles. The summed E-state index contributed by atoms with van der Waals surface area (Å²) in [6.07, 6.45) is 0. The molecular formula is C14H8Br2ClFO. The number of ketones is 1. The highest BCUT2D eigenvalue weighted by molar-refractivity contribution is 9.11. The van der Waals surface area contributed by atoms with E-state index in [2.05, 4.69) is 31.9 Å². The Morgan fingerprint density at radius 2 is 1.74 bits per heavy atom. The summed E-state index contributed by atoms with van der Waals surface area (Å²) in [5.41, 5.74) is 1.05. The van der Waals surface area contributed by atoms with Crippen molar-refractivity contribution < 1.29 is 9.18 Å². The van der Waals surface area contributed by atoms with Gasteiger partial charge in [0, 0.05) is 14.5 Å². The maximum absolute atomic E-state index is 12.8. The molecule has 0 fully saturated rings. The number of rotatable bonds is 3. The van der Waals surface area contributed by atoms with Crippen LogP contribution in [-0.2, 0) is 0 Å². The Bertz CT molecular complexity index is 613. The number of carbonyl (C=O) groups excluding carboxylic acids is 1. The quantitative estimate of drug-likeness (QED) is 0.485. The summed E-state index contributed by atoms with van der Waals surface area (Å²) in [5, 5.41) is -0.841. The fourth-order valence-electron chi connectivity index (χ4n) is 1.61. The SMILES string of the molecule is O=C(c1cc(Br)ccc1Br)C(Cl)c1ccc(F)cc1. The molecule has 1 unspecified atom stereocenters. The van der Waals surface area contributed by atoms with Crippen molar-refractivity contribution in [3.8, 4) is 0 Å². The number of alkyl halides is 1. The smallest absolute Gasteiger partial charge is 0.186 e. The van der Waals surface area contributed by atoms with Crippen LogP contribution in [0.3, 0.4) is 0 Å². The van der Waals surface area contributed by atoms with Crippen LogP contribution >= 0.6 is 43.5 Å². The third kappa shape index (κ3) is 3.44. The van der Waals surface area contributed by atoms with Crippen LogP contribution in [0.5, 0.6) is 0 Å². The van der Waals surface area contributed by atoms with Crippen molar-refractivity contribution in [1.82, 2.24) is 0 Å². The van der Waals surface area contributed by atoms with E-state index in [1.807, 2.05) is 6.07 Å². The van der Waals surface area contributed by atoms with Crippen LogP contribution in [0.2, 0.25) is 0 Å². The van der Waals surface area contributed by atoms with E-state index in [4.69, 9.17) is 11.6 Å². The van der Waals surface area contributed by atoms with Gasteiger partial charge in [-0.3, -0.25) is 4.79 Å². The van der Waals surface area contributed by atoms with Crippen molar-refractivity contribution in [2.75, 3.05) is 0 Å². The van der Waals surface area contributed by atoms with Gasteiger partial charge in [0.2, 0.25) is 0 Å². The summed E-state index contributed by atoms with van der Waals surface area (Å²) in [6, 6.07) is 10.9. The highest BCUT2D eigenvalue weighted by atomic mass is 79.9. The van der Waals surface area contributed by atoms with Gasteiger partial charge in [-0.25, -0.2) is 4.39 Å². The van der Waals surface area contributed by atoms with E-state index in [-0.39, 0.29) is 11.6 Å². The second-order valence-corrected chi connectivity index (χ2v) is 6.11. The molecule has 5 heteroatoms. The van der Waals surface area contributed by atoms with E-state index in [1.54, 1.807) is 12.1 Å². The zero-order valence-corrected chi connectivity index (χ0v) is 13.5. The molecule has 2 aromatic rings. The lowest BCUT2D eigenvalue weighted by atomic mass is 10.0. The molecule has 0 aliphatic rings. The summed E-state index contributed by atoms with van der Waals surface area (Å²) < 4.78 is 14.3. The van der Waals surface area contributed by atoms with Crippen LogP contribution in [0, 0.1) is 5.82 Å². The number of carbonyl (C=O) groups is 1. The third-order valence-corrected chi connectivity index (χ3v) is 4.22. The maximum atomic E-state index is 12.8. The van der Waals surface area contributed by atoms with Crippen LogP contribution in [-0.4, -0.2) is 5.78 Å². The third-order valence-electron chi connectivity index (χ3n) is 2.59. The minimum atomic E-state index is -0.841. The first kappa shape index (κ1) is 14.7. The van der Waals surface area contributed by atoms with Gasteiger partial charge < -0.3 is 0 Å². The second-order valence-electron chi connectivity index (χ2n) is 3.90. The van der Waals surface area contributed by atoms with E-state index in [1.165, 1.54) is 24.3 Å². The van der Waals surface area contributed by atoms with E-state index < -0.39 is 5.38 Å². The Balaban J connectivity index is 2.33. The predicted octanol–water partition coefficient (Wildman–Crippen LogP) is 5.51. The molecule has 1 atom stereocenters. The first-order valence-electron chi connectivity index (χ1n) is 5.38. The van der Waals surface area contributed by atoms with Crippen LogP contribution in [0.15, 0.2) is 51.4 Å². The first-order chi connectivity index (χ1) is 8.99. The monoisotopic (exact) mass is 404 g/mol. The molecule has 0 bridgehead atoms. The Hall–Kier alpha value is -0.710. The lowest BCUT2D eigenvalue weighted by molar-refractivity contribution is 0.0986. The largest absolute Gasteiger partial charge is 0.292 e. The molecular weight excluding hydrogens is 398 g/mol. The number of hydrogen-bond acceptors (Lipinski definition) is 1. The van der Waals surface area contributed by atoms with Crippen molar-refractivity contribution in [3.63, 3.8) is 0 Å². The van der Waals surface area contributed by atoms with Gasteiger partial charge in [0.25, 0.3) is 0 Å². The van der Waals surface area contributed by atoms with Gasteiger partial charge in [0.15, 0.2) is 5.78 Å². The average Bonchev–Trinajstić information content (AvgIpc) is 2.41. The summed E-state index contributed by atoms with van der Waals surface area (Å²) in [6.45, 7) is 0. The van der Waals surface area contributed by atoms with Gasteiger partial charge in [-0.05, 0) is 35.9 Å². The molecule has 2 rings (SSSR count). The molecule has 98 valence electrons. The van der Waals surface area contributed by atoms with Crippen LogP contribution < -0.4 is 0 Å². The number of hydrogen-bond donors (Lipinski definition) is 0. The zero-order valence-electron chi connectivity index (χ0n) is 9.54.